The third-order valence-corrected chi connectivity index (χ3v) is 2.96. The highest BCUT2D eigenvalue weighted by atomic mass is 16.4. The predicted molar refractivity (Wildman–Crippen MR) is 53.0 cm³/mol. The fourth-order valence-corrected chi connectivity index (χ4v) is 2.12. The van der Waals surface area contributed by atoms with E-state index < -0.39 is 11.9 Å². The van der Waals surface area contributed by atoms with E-state index in [4.69, 9.17) is 0 Å². The molecule has 2 aromatic rings. The van der Waals surface area contributed by atoms with E-state index in [0.29, 0.717) is 18.7 Å². The number of pyridine rings is 1. The minimum Gasteiger partial charge on any atom is -0.549 e. The molecule has 1 unspecified atom stereocenters. The van der Waals surface area contributed by atoms with Crippen molar-refractivity contribution in [3.8, 4) is 5.82 Å². The average molecular weight is 230 g/mol. The number of hydrogen-bond donors (Lipinski definition) is 0. The van der Waals surface area contributed by atoms with Gasteiger partial charge in [0.1, 0.15) is 6.33 Å². The molecule has 0 amide bonds. The molecule has 0 fully saturated rings. The second kappa shape index (κ2) is 3.62. The molecule has 2 heterocycles. The minimum atomic E-state index is -1.04. The van der Waals surface area contributed by atoms with Gasteiger partial charge in [0.15, 0.2) is 5.82 Å². The average Bonchev–Trinajstić information content (AvgIpc) is 2.97. The van der Waals surface area contributed by atoms with Gasteiger partial charge >= 0.3 is 0 Å². The van der Waals surface area contributed by atoms with Crippen molar-refractivity contribution in [1.29, 1.82) is 0 Å². The Labute approximate surface area is 96.1 Å². The summed E-state index contributed by atoms with van der Waals surface area (Å²) in [4.78, 5) is 15.1. The van der Waals surface area contributed by atoms with E-state index >= 15 is 0 Å². The van der Waals surface area contributed by atoms with Gasteiger partial charge in [-0.05, 0) is 40.5 Å². The highest BCUT2D eigenvalue weighted by Crippen LogP contribution is 2.32. The fraction of sp³-hybridized carbons (Fsp3) is 0.300. The van der Waals surface area contributed by atoms with Crippen LogP contribution < -0.4 is 5.11 Å². The summed E-state index contributed by atoms with van der Waals surface area (Å²) in [6, 6.07) is 1.81. The second-order valence-corrected chi connectivity index (χ2v) is 3.91. The minimum absolute atomic E-state index is 0.541. The zero-order chi connectivity index (χ0) is 11.8. The summed E-state index contributed by atoms with van der Waals surface area (Å²) in [5.74, 6) is -0.992. The van der Waals surface area contributed by atoms with Crippen LogP contribution in [0.5, 0.6) is 0 Å². The van der Waals surface area contributed by atoms with Crippen molar-refractivity contribution < 1.29 is 9.90 Å². The highest BCUT2D eigenvalue weighted by Gasteiger charge is 2.24. The van der Waals surface area contributed by atoms with Crippen molar-refractivity contribution in [2.24, 2.45) is 0 Å². The van der Waals surface area contributed by atoms with Gasteiger partial charge in [-0.25, -0.2) is 4.98 Å². The number of carboxylic acids is 1. The normalized spacial score (nSPS) is 18.0. The van der Waals surface area contributed by atoms with Gasteiger partial charge in [-0.3, -0.25) is 0 Å². The van der Waals surface area contributed by atoms with Crippen molar-refractivity contribution in [3.05, 3.63) is 29.7 Å². The van der Waals surface area contributed by atoms with Gasteiger partial charge in [-0.15, -0.1) is 5.10 Å². The second-order valence-electron chi connectivity index (χ2n) is 3.91. The number of aromatic nitrogens is 5. The molecule has 0 N–H and O–H groups in total. The Hall–Kier alpha value is -2.31. The van der Waals surface area contributed by atoms with Crippen LogP contribution in [0.3, 0.4) is 0 Å². The summed E-state index contributed by atoms with van der Waals surface area (Å²) >= 11 is 0. The first-order valence-electron chi connectivity index (χ1n) is 5.19. The van der Waals surface area contributed by atoms with E-state index in [1.165, 1.54) is 11.0 Å². The molecule has 0 saturated heterocycles. The molecule has 0 spiro atoms. The van der Waals surface area contributed by atoms with Gasteiger partial charge in [0.05, 0.1) is 0 Å². The van der Waals surface area contributed by atoms with Crippen LogP contribution in [0, 0.1) is 0 Å². The van der Waals surface area contributed by atoms with Crippen molar-refractivity contribution in [1.82, 2.24) is 25.2 Å². The molecule has 0 bridgehead atoms. The van der Waals surface area contributed by atoms with Crippen LogP contribution in [0.4, 0.5) is 0 Å². The molecular formula is C10H8N5O2-. The number of rotatable bonds is 2. The number of aliphatic carboxylic acids is 1. The molecule has 0 aromatic carbocycles. The number of carboxylic acid groups (broad SMARTS) is 1. The van der Waals surface area contributed by atoms with Crippen molar-refractivity contribution in [2.45, 2.75) is 18.8 Å². The Bertz CT molecular complexity index is 566. The number of fused-ring (bicyclic) bond motifs is 1. The van der Waals surface area contributed by atoms with Gasteiger partial charge in [0, 0.05) is 18.1 Å². The van der Waals surface area contributed by atoms with E-state index in [2.05, 4.69) is 20.5 Å². The van der Waals surface area contributed by atoms with Crippen molar-refractivity contribution in [2.75, 3.05) is 0 Å². The first-order valence-corrected chi connectivity index (χ1v) is 5.19. The number of tetrazole rings is 1. The molecule has 7 nitrogen and oxygen atoms in total. The lowest BCUT2D eigenvalue weighted by atomic mass is 10.0. The summed E-state index contributed by atoms with van der Waals surface area (Å²) in [5, 5.41) is 21.7. The molecule has 0 saturated carbocycles. The quantitative estimate of drug-likeness (QED) is 0.645. The summed E-state index contributed by atoms with van der Waals surface area (Å²) in [5.41, 5.74) is 1.71. The standard InChI is InChI=1S/C10H9N5O2/c16-10(17)7-2-1-6-3-9(11-4-8(6)7)15-5-12-13-14-15/h3-5,7H,1-2H2,(H,16,17)/p-1. The Morgan fingerprint density at radius 3 is 3.12 bits per heavy atom. The van der Waals surface area contributed by atoms with Crippen LogP contribution in [0.2, 0.25) is 0 Å². The Kier molecular flexibility index (Phi) is 2.10. The monoisotopic (exact) mass is 230 g/mol. The largest absolute Gasteiger partial charge is 0.549 e. The molecule has 1 atom stereocenters. The van der Waals surface area contributed by atoms with Gasteiger partial charge in [0.25, 0.3) is 0 Å². The topological polar surface area (TPSA) is 96.6 Å². The lowest BCUT2D eigenvalue weighted by Crippen LogP contribution is -2.28. The first-order chi connectivity index (χ1) is 8.25. The maximum atomic E-state index is 10.9. The van der Waals surface area contributed by atoms with E-state index in [1.54, 1.807) is 6.20 Å². The number of carbonyl (C=O) groups is 1. The van der Waals surface area contributed by atoms with Crippen LogP contribution >= 0.6 is 0 Å². The van der Waals surface area contributed by atoms with Crippen LogP contribution in [-0.2, 0) is 11.2 Å². The SMILES string of the molecule is O=C([O-])C1CCc2cc(-n3cnnn3)ncc21. The maximum Gasteiger partial charge on any atom is 0.157 e. The van der Waals surface area contributed by atoms with Crippen LogP contribution in [-0.4, -0.2) is 31.2 Å². The number of aryl methyl sites for hydroxylation is 1. The van der Waals surface area contributed by atoms with E-state index in [9.17, 15) is 9.90 Å². The number of nitrogens with zero attached hydrogens (tertiary/aromatic N) is 5. The van der Waals surface area contributed by atoms with E-state index in [1.807, 2.05) is 6.07 Å². The maximum absolute atomic E-state index is 10.9. The number of hydrogen-bond acceptors (Lipinski definition) is 6. The van der Waals surface area contributed by atoms with Crippen LogP contribution in [0.15, 0.2) is 18.6 Å². The van der Waals surface area contributed by atoms with Crippen LogP contribution in [0.25, 0.3) is 5.82 Å². The van der Waals surface area contributed by atoms with Gasteiger partial charge in [-0.1, -0.05) is 0 Å². The molecule has 7 heteroatoms. The molecule has 2 aromatic heterocycles. The smallest absolute Gasteiger partial charge is 0.157 e. The molecule has 1 aliphatic rings. The Morgan fingerprint density at radius 2 is 2.41 bits per heavy atom. The van der Waals surface area contributed by atoms with Crippen LogP contribution in [0.1, 0.15) is 23.5 Å². The number of carbonyl (C=O) groups excluding carboxylic acids is 1. The zero-order valence-corrected chi connectivity index (χ0v) is 8.78. The summed E-state index contributed by atoms with van der Waals surface area (Å²) in [6.07, 6.45) is 4.30. The first kappa shape index (κ1) is 9.88. The Morgan fingerprint density at radius 1 is 1.53 bits per heavy atom. The molecule has 1 aliphatic carbocycles. The van der Waals surface area contributed by atoms with Gasteiger partial charge in [0.2, 0.25) is 0 Å². The fourth-order valence-electron chi connectivity index (χ4n) is 2.12. The van der Waals surface area contributed by atoms with E-state index in [0.717, 1.165) is 11.1 Å². The summed E-state index contributed by atoms with van der Waals surface area (Å²) in [6.45, 7) is 0. The summed E-state index contributed by atoms with van der Waals surface area (Å²) in [7, 11) is 0. The lowest BCUT2D eigenvalue weighted by molar-refractivity contribution is -0.307. The lowest BCUT2D eigenvalue weighted by Gasteiger charge is -2.11. The Balaban J connectivity index is 2.02. The molecule has 3 rings (SSSR count). The van der Waals surface area contributed by atoms with Crippen molar-refractivity contribution in [3.63, 3.8) is 0 Å². The predicted octanol–water partition coefficient (Wildman–Crippen LogP) is -1.16. The molecule has 17 heavy (non-hydrogen) atoms. The molecule has 0 radical (unpaired) electrons. The third kappa shape index (κ3) is 1.55. The molecule has 86 valence electrons. The highest BCUT2D eigenvalue weighted by molar-refractivity contribution is 5.75. The van der Waals surface area contributed by atoms with Gasteiger partial charge < -0.3 is 9.90 Å². The zero-order valence-electron chi connectivity index (χ0n) is 8.78. The van der Waals surface area contributed by atoms with Crippen molar-refractivity contribution >= 4 is 5.97 Å². The summed E-state index contributed by atoms with van der Waals surface area (Å²) < 4.78 is 1.44. The third-order valence-electron chi connectivity index (χ3n) is 2.96. The van der Waals surface area contributed by atoms with Gasteiger partial charge in [-0.2, -0.15) is 4.68 Å². The molecule has 0 aliphatic heterocycles. The molecular weight excluding hydrogens is 222 g/mol. The van der Waals surface area contributed by atoms with E-state index in [-0.39, 0.29) is 0 Å².